The Kier molecular flexibility index (Phi) is 8.61. The zero-order valence-electron chi connectivity index (χ0n) is 11.9. The fourth-order valence-corrected chi connectivity index (χ4v) is 2.54. The Morgan fingerprint density at radius 2 is 1.64 bits per heavy atom. The third-order valence-electron chi connectivity index (χ3n) is 2.90. The van der Waals surface area contributed by atoms with Crippen LogP contribution >= 0.6 is 23.2 Å². The maximum Gasteiger partial charge on any atom is 0.156 e. The average molecular weight is 362 g/mol. The van der Waals surface area contributed by atoms with E-state index >= 15 is 0 Å². The van der Waals surface area contributed by atoms with Crippen molar-refractivity contribution in [3.05, 3.63) is 63.6 Å². The molecule has 0 aliphatic heterocycles. The molecule has 0 bridgehead atoms. The standard InChI is InChI=1S/C16H17Cl2NO2.ClH/c17-14-8-13(10-19-6-7-20)9-15(18)16(14)21-11-12-4-2-1-3-5-12;/h1-5,8-9,19-20H,6-7,10-11H2;1H/p-1. The summed E-state index contributed by atoms with van der Waals surface area (Å²) >= 11 is 12.5. The smallest absolute Gasteiger partial charge is 0.156 e. The van der Waals surface area contributed by atoms with Crippen LogP contribution in [0.2, 0.25) is 10.0 Å². The number of nitrogens with one attached hydrogen (secondary N) is 1. The Morgan fingerprint density at radius 3 is 2.23 bits per heavy atom. The van der Waals surface area contributed by atoms with Gasteiger partial charge in [0.25, 0.3) is 0 Å². The second-order valence-corrected chi connectivity index (χ2v) is 5.38. The van der Waals surface area contributed by atoms with Crippen molar-refractivity contribution < 1.29 is 22.3 Å². The van der Waals surface area contributed by atoms with Crippen molar-refractivity contribution in [2.45, 2.75) is 13.2 Å². The molecular weight excluding hydrogens is 345 g/mol. The van der Waals surface area contributed by atoms with Crippen molar-refractivity contribution in [1.29, 1.82) is 0 Å². The van der Waals surface area contributed by atoms with E-state index in [0.29, 0.717) is 35.5 Å². The molecule has 2 aromatic rings. The van der Waals surface area contributed by atoms with E-state index in [0.717, 1.165) is 11.1 Å². The maximum absolute atomic E-state index is 8.74. The van der Waals surface area contributed by atoms with Crippen molar-refractivity contribution in [1.82, 2.24) is 5.32 Å². The molecule has 2 N–H and O–H groups in total. The summed E-state index contributed by atoms with van der Waals surface area (Å²) in [4.78, 5) is 0. The first-order valence-electron chi connectivity index (χ1n) is 6.67. The molecule has 0 atom stereocenters. The molecule has 22 heavy (non-hydrogen) atoms. The van der Waals surface area contributed by atoms with Gasteiger partial charge in [0.05, 0.1) is 16.7 Å². The molecular formula is C16H17Cl3NO2-. The first-order chi connectivity index (χ1) is 10.2. The molecule has 0 saturated carbocycles. The molecule has 0 fully saturated rings. The lowest BCUT2D eigenvalue weighted by atomic mass is 10.2. The molecule has 3 nitrogen and oxygen atoms in total. The number of aliphatic hydroxyl groups is 1. The molecule has 0 saturated heterocycles. The Morgan fingerprint density at radius 1 is 1.00 bits per heavy atom. The van der Waals surface area contributed by atoms with E-state index in [4.69, 9.17) is 33.0 Å². The van der Waals surface area contributed by atoms with Crippen LogP contribution in [0.15, 0.2) is 42.5 Å². The van der Waals surface area contributed by atoms with Gasteiger partial charge in [-0.3, -0.25) is 0 Å². The summed E-state index contributed by atoms with van der Waals surface area (Å²) in [5.74, 6) is 0.494. The predicted molar refractivity (Wildman–Crippen MR) is 86.0 cm³/mol. The van der Waals surface area contributed by atoms with Gasteiger partial charge in [-0.2, -0.15) is 0 Å². The van der Waals surface area contributed by atoms with Crippen LogP contribution in [0.1, 0.15) is 11.1 Å². The Bertz CT molecular complexity index is 556. The van der Waals surface area contributed by atoms with Gasteiger partial charge in [0.15, 0.2) is 5.75 Å². The largest absolute Gasteiger partial charge is 1.00 e. The SMILES string of the molecule is OCCNCc1cc(Cl)c(OCc2ccccc2)c(Cl)c1.[Cl-]. The summed E-state index contributed by atoms with van der Waals surface area (Å²) in [7, 11) is 0. The number of rotatable bonds is 7. The van der Waals surface area contributed by atoms with Crippen LogP contribution in [-0.4, -0.2) is 18.3 Å². The van der Waals surface area contributed by atoms with Crippen LogP contribution in [-0.2, 0) is 13.2 Å². The van der Waals surface area contributed by atoms with Crippen molar-refractivity contribution in [3.63, 3.8) is 0 Å². The highest BCUT2D eigenvalue weighted by atomic mass is 35.5. The van der Waals surface area contributed by atoms with E-state index in [2.05, 4.69) is 5.32 Å². The van der Waals surface area contributed by atoms with Crippen molar-refractivity contribution in [2.24, 2.45) is 0 Å². The quantitative estimate of drug-likeness (QED) is 0.712. The summed E-state index contributed by atoms with van der Waals surface area (Å²) in [6.45, 7) is 1.64. The third-order valence-corrected chi connectivity index (χ3v) is 3.46. The minimum atomic E-state index is 0. The highest BCUT2D eigenvalue weighted by Gasteiger charge is 2.10. The van der Waals surface area contributed by atoms with Crippen molar-refractivity contribution in [2.75, 3.05) is 13.2 Å². The van der Waals surface area contributed by atoms with E-state index in [-0.39, 0.29) is 19.0 Å². The lowest BCUT2D eigenvalue weighted by molar-refractivity contribution is -0.00000547. The summed E-state index contributed by atoms with van der Waals surface area (Å²) in [6, 6.07) is 13.5. The topological polar surface area (TPSA) is 41.5 Å². The molecule has 0 heterocycles. The first-order valence-corrected chi connectivity index (χ1v) is 7.42. The highest BCUT2D eigenvalue weighted by molar-refractivity contribution is 6.37. The Balaban J connectivity index is 0.00000242. The Labute approximate surface area is 146 Å². The third kappa shape index (κ3) is 5.67. The van der Waals surface area contributed by atoms with Crippen LogP contribution in [0.25, 0.3) is 0 Å². The van der Waals surface area contributed by atoms with Crippen molar-refractivity contribution >= 4 is 23.2 Å². The van der Waals surface area contributed by atoms with Gasteiger partial charge in [-0.05, 0) is 23.3 Å². The Hall–Kier alpha value is -0.970. The zero-order valence-corrected chi connectivity index (χ0v) is 14.1. The molecule has 0 spiro atoms. The van der Waals surface area contributed by atoms with Gasteiger partial charge in [-0.15, -0.1) is 0 Å². The first kappa shape index (κ1) is 19.1. The van der Waals surface area contributed by atoms with Crippen LogP contribution in [0.5, 0.6) is 5.75 Å². The van der Waals surface area contributed by atoms with E-state index in [1.165, 1.54) is 0 Å². The molecule has 0 aromatic heterocycles. The average Bonchev–Trinajstić information content (AvgIpc) is 2.48. The predicted octanol–water partition coefficient (Wildman–Crippen LogP) is 0.658. The van der Waals surface area contributed by atoms with Crippen LogP contribution in [0, 0.1) is 0 Å². The number of ether oxygens (including phenoxy) is 1. The minimum Gasteiger partial charge on any atom is -1.00 e. The van der Waals surface area contributed by atoms with E-state index in [1.54, 1.807) is 0 Å². The van der Waals surface area contributed by atoms with E-state index in [9.17, 15) is 0 Å². The van der Waals surface area contributed by atoms with Crippen LogP contribution < -0.4 is 22.5 Å². The number of benzene rings is 2. The van der Waals surface area contributed by atoms with E-state index < -0.39 is 0 Å². The molecule has 2 rings (SSSR count). The fourth-order valence-electron chi connectivity index (χ4n) is 1.89. The molecule has 2 aromatic carbocycles. The van der Waals surface area contributed by atoms with Gasteiger partial charge in [-0.1, -0.05) is 53.5 Å². The maximum atomic E-state index is 8.74. The molecule has 0 aliphatic carbocycles. The number of hydrogen-bond donors (Lipinski definition) is 2. The summed E-state index contributed by atoms with van der Waals surface area (Å²) in [5, 5.41) is 12.8. The fraction of sp³-hybridized carbons (Fsp3) is 0.250. The van der Waals surface area contributed by atoms with Gasteiger partial charge in [0, 0.05) is 13.1 Å². The molecule has 6 heteroatoms. The lowest BCUT2D eigenvalue weighted by Crippen LogP contribution is -3.00. The van der Waals surface area contributed by atoms with Gasteiger partial charge in [0.2, 0.25) is 0 Å². The molecule has 120 valence electrons. The normalized spacial score (nSPS) is 10.1. The van der Waals surface area contributed by atoms with Crippen molar-refractivity contribution in [3.8, 4) is 5.75 Å². The number of hydrogen-bond acceptors (Lipinski definition) is 3. The number of halogens is 3. The molecule has 0 amide bonds. The second kappa shape index (κ2) is 9.93. The highest BCUT2D eigenvalue weighted by Crippen LogP contribution is 2.34. The molecule has 0 aliphatic rings. The van der Waals surface area contributed by atoms with Gasteiger partial charge in [0.1, 0.15) is 6.61 Å². The summed E-state index contributed by atoms with van der Waals surface area (Å²) in [5.41, 5.74) is 2.00. The van der Waals surface area contributed by atoms with E-state index in [1.807, 2.05) is 42.5 Å². The zero-order chi connectivity index (χ0) is 15.1. The van der Waals surface area contributed by atoms with Gasteiger partial charge >= 0.3 is 0 Å². The minimum absolute atomic E-state index is 0. The monoisotopic (exact) mass is 360 g/mol. The summed E-state index contributed by atoms with van der Waals surface area (Å²) < 4.78 is 5.71. The van der Waals surface area contributed by atoms with Crippen LogP contribution in [0.3, 0.4) is 0 Å². The second-order valence-electron chi connectivity index (χ2n) is 4.56. The molecule has 0 unspecified atom stereocenters. The van der Waals surface area contributed by atoms with Gasteiger partial charge in [-0.25, -0.2) is 0 Å². The molecule has 0 radical (unpaired) electrons. The van der Waals surface area contributed by atoms with Gasteiger partial charge < -0.3 is 27.6 Å². The van der Waals surface area contributed by atoms with Crippen LogP contribution in [0.4, 0.5) is 0 Å². The number of aliphatic hydroxyl groups excluding tert-OH is 1. The lowest BCUT2D eigenvalue weighted by Gasteiger charge is -2.12. The summed E-state index contributed by atoms with van der Waals surface area (Å²) in [6.07, 6.45) is 0.